The van der Waals surface area contributed by atoms with Crippen molar-refractivity contribution in [2.45, 2.75) is 19.4 Å². The molecule has 1 aliphatic heterocycles. The number of hydrogen-bond acceptors (Lipinski definition) is 5. The second kappa shape index (κ2) is 7.36. The van der Waals surface area contributed by atoms with Gasteiger partial charge in [0.2, 0.25) is 5.91 Å². The van der Waals surface area contributed by atoms with E-state index in [0.29, 0.717) is 23.7 Å². The monoisotopic (exact) mass is 339 g/mol. The van der Waals surface area contributed by atoms with Gasteiger partial charge in [0.15, 0.2) is 0 Å². The number of para-hydroxylation sites is 3. The van der Waals surface area contributed by atoms with Crippen LogP contribution in [0.1, 0.15) is 13.3 Å². The maximum Gasteiger partial charge on any atom is 0.260 e. The molecule has 1 heterocycles. The van der Waals surface area contributed by atoms with Crippen molar-refractivity contribution in [1.29, 1.82) is 0 Å². The number of carbonyl (C=O) groups excluding carboxylic acids is 2. The van der Waals surface area contributed by atoms with Crippen LogP contribution in [0.25, 0.3) is 0 Å². The minimum absolute atomic E-state index is 0.381. The number of ether oxygens (including phenoxy) is 1. The zero-order valence-electron chi connectivity index (χ0n) is 13.8. The Morgan fingerprint density at radius 3 is 2.48 bits per heavy atom. The van der Waals surface area contributed by atoms with E-state index in [0.717, 1.165) is 16.4 Å². The molecule has 6 heteroatoms. The van der Waals surface area contributed by atoms with Crippen LogP contribution >= 0.6 is 0 Å². The molecule has 1 aliphatic rings. The van der Waals surface area contributed by atoms with Gasteiger partial charge >= 0.3 is 0 Å². The fraction of sp³-hybridized carbons (Fsp3) is 0.211. The molecule has 129 valence electrons. The number of benzene rings is 2. The average Bonchev–Trinajstić information content (AvgIpc) is 2.94. The molecule has 1 fully saturated rings. The van der Waals surface area contributed by atoms with Crippen molar-refractivity contribution < 1.29 is 19.5 Å². The lowest BCUT2D eigenvalue weighted by Crippen LogP contribution is -2.40. The summed E-state index contributed by atoms with van der Waals surface area (Å²) in [6.07, 6.45) is 2.01. The Labute approximate surface area is 146 Å². The molecule has 2 aromatic carbocycles. The van der Waals surface area contributed by atoms with Gasteiger partial charge in [0.05, 0.1) is 24.4 Å². The van der Waals surface area contributed by atoms with Crippen molar-refractivity contribution in [1.82, 2.24) is 0 Å². The maximum atomic E-state index is 12.8. The van der Waals surface area contributed by atoms with Crippen molar-refractivity contribution in [3.8, 4) is 5.75 Å². The summed E-state index contributed by atoms with van der Waals surface area (Å²) in [6, 6.07) is 14.4. The van der Waals surface area contributed by atoms with Crippen LogP contribution in [-0.4, -0.2) is 29.7 Å². The van der Waals surface area contributed by atoms with E-state index >= 15 is 0 Å². The van der Waals surface area contributed by atoms with E-state index < -0.39 is 17.9 Å². The van der Waals surface area contributed by atoms with Crippen LogP contribution < -0.4 is 14.7 Å². The first-order chi connectivity index (χ1) is 12.1. The summed E-state index contributed by atoms with van der Waals surface area (Å²) in [5, 5.41) is 11.2. The highest BCUT2D eigenvalue weighted by Gasteiger charge is 2.44. The Bertz CT molecular complexity index is 763. The van der Waals surface area contributed by atoms with Gasteiger partial charge < -0.3 is 4.74 Å². The van der Waals surface area contributed by atoms with Crippen LogP contribution in [0.2, 0.25) is 0 Å². The minimum Gasteiger partial charge on any atom is -0.491 e. The lowest BCUT2D eigenvalue weighted by atomic mass is 10.2. The van der Waals surface area contributed by atoms with Crippen LogP contribution in [0, 0.1) is 6.42 Å². The van der Waals surface area contributed by atoms with Crippen LogP contribution in [0.5, 0.6) is 5.75 Å². The van der Waals surface area contributed by atoms with Crippen LogP contribution in [0.4, 0.5) is 11.4 Å². The first-order valence-corrected chi connectivity index (χ1v) is 8.11. The van der Waals surface area contributed by atoms with E-state index in [1.807, 2.05) is 6.92 Å². The number of amides is 2. The smallest absolute Gasteiger partial charge is 0.260 e. The van der Waals surface area contributed by atoms with Gasteiger partial charge in [0.1, 0.15) is 11.8 Å². The zero-order valence-corrected chi connectivity index (χ0v) is 13.8. The molecular weight excluding hydrogens is 320 g/mol. The Morgan fingerprint density at radius 2 is 1.76 bits per heavy atom. The number of imide groups is 1. The third-order valence-corrected chi connectivity index (χ3v) is 3.85. The molecule has 25 heavy (non-hydrogen) atoms. The number of hydroxylamine groups is 1. The number of nitrogens with zero attached hydrogens (tertiary/aromatic N) is 2. The van der Waals surface area contributed by atoms with Crippen LogP contribution in [-0.2, 0) is 9.59 Å². The van der Waals surface area contributed by atoms with Gasteiger partial charge in [0.25, 0.3) is 5.91 Å². The number of carbonyl (C=O) groups is 2. The van der Waals surface area contributed by atoms with E-state index in [2.05, 4.69) is 0 Å². The van der Waals surface area contributed by atoms with Crippen molar-refractivity contribution in [3.05, 3.63) is 61.0 Å². The predicted molar refractivity (Wildman–Crippen MR) is 93.5 cm³/mol. The van der Waals surface area contributed by atoms with Gasteiger partial charge in [-0.25, -0.2) is 9.96 Å². The maximum absolute atomic E-state index is 12.8. The van der Waals surface area contributed by atoms with E-state index in [4.69, 9.17) is 4.74 Å². The summed E-state index contributed by atoms with van der Waals surface area (Å²) in [5.41, 5.74) is 0.813. The third-order valence-electron chi connectivity index (χ3n) is 3.85. The van der Waals surface area contributed by atoms with Gasteiger partial charge in [-0.1, -0.05) is 37.3 Å². The molecule has 2 aromatic rings. The van der Waals surface area contributed by atoms with Crippen LogP contribution in [0.3, 0.4) is 0 Å². The molecule has 1 atom stereocenters. The second-order valence-corrected chi connectivity index (χ2v) is 5.62. The molecule has 1 unspecified atom stereocenters. The van der Waals surface area contributed by atoms with Crippen molar-refractivity contribution in [2.75, 3.05) is 16.6 Å². The van der Waals surface area contributed by atoms with Gasteiger partial charge in [-0.15, -0.1) is 0 Å². The summed E-state index contributed by atoms with van der Waals surface area (Å²) in [5.74, 6) is -0.550. The second-order valence-electron chi connectivity index (χ2n) is 5.62. The average molecular weight is 339 g/mol. The number of anilines is 2. The molecule has 6 nitrogen and oxygen atoms in total. The van der Waals surface area contributed by atoms with E-state index in [-0.39, 0.29) is 0 Å². The molecule has 0 aliphatic carbocycles. The van der Waals surface area contributed by atoms with Gasteiger partial charge in [-0.2, -0.15) is 0 Å². The molecule has 0 saturated carbocycles. The molecule has 1 radical (unpaired) electrons. The van der Waals surface area contributed by atoms with E-state index in [9.17, 15) is 14.8 Å². The van der Waals surface area contributed by atoms with Crippen molar-refractivity contribution in [3.63, 3.8) is 0 Å². The molecular formula is C19H19N2O4. The minimum atomic E-state index is -1.07. The quantitative estimate of drug-likeness (QED) is 0.647. The van der Waals surface area contributed by atoms with E-state index in [1.165, 1.54) is 6.42 Å². The number of rotatable bonds is 6. The third kappa shape index (κ3) is 3.34. The van der Waals surface area contributed by atoms with Crippen molar-refractivity contribution >= 4 is 23.2 Å². The summed E-state index contributed by atoms with van der Waals surface area (Å²) in [6.45, 7) is 2.46. The van der Waals surface area contributed by atoms with Gasteiger partial charge in [0, 0.05) is 0 Å². The molecule has 3 rings (SSSR count). The number of hydrogen-bond donors (Lipinski definition) is 1. The Hall–Kier alpha value is -2.86. The first-order valence-electron chi connectivity index (χ1n) is 8.11. The topological polar surface area (TPSA) is 70.1 Å². The summed E-state index contributed by atoms with van der Waals surface area (Å²) >= 11 is 0. The van der Waals surface area contributed by atoms with Gasteiger partial charge in [-0.05, 0) is 30.7 Å². The molecule has 0 bridgehead atoms. The molecule has 0 aromatic heterocycles. The fourth-order valence-electron chi connectivity index (χ4n) is 2.65. The molecule has 1 saturated heterocycles. The highest BCUT2D eigenvalue weighted by molar-refractivity contribution is 6.28. The van der Waals surface area contributed by atoms with E-state index in [1.54, 1.807) is 54.6 Å². The Morgan fingerprint density at radius 1 is 1.08 bits per heavy atom. The first kappa shape index (κ1) is 17.0. The largest absolute Gasteiger partial charge is 0.491 e. The lowest BCUT2D eigenvalue weighted by Gasteiger charge is -2.23. The molecule has 1 N–H and O–H groups in total. The highest BCUT2D eigenvalue weighted by Crippen LogP contribution is 2.33. The van der Waals surface area contributed by atoms with Gasteiger partial charge in [-0.3, -0.25) is 14.8 Å². The molecule has 2 amide bonds. The Balaban J connectivity index is 1.87. The fourth-order valence-corrected chi connectivity index (χ4v) is 2.65. The summed E-state index contributed by atoms with van der Waals surface area (Å²) < 4.78 is 5.64. The SMILES string of the molecule is CCCOc1ccccc1N1C(=O)[CH]C(N(O)c2ccccc2)C1=O. The normalized spacial score (nSPS) is 17.0. The molecule has 0 spiro atoms. The summed E-state index contributed by atoms with van der Waals surface area (Å²) in [7, 11) is 0. The lowest BCUT2D eigenvalue weighted by molar-refractivity contribution is -0.121. The highest BCUT2D eigenvalue weighted by atomic mass is 16.5. The van der Waals surface area contributed by atoms with Crippen LogP contribution in [0.15, 0.2) is 54.6 Å². The zero-order chi connectivity index (χ0) is 17.8. The standard InChI is InChI=1S/C19H19N2O4/c1-2-12-25-17-11-7-6-10-15(17)20-18(22)13-16(19(20)23)21(24)14-8-4-3-5-9-14/h3-11,13,16,24H,2,12H2,1H3. The summed E-state index contributed by atoms with van der Waals surface area (Å²) in [4.78, 5) is 26.2. The Kier molecular flexibility index (Phi) is 5.00. The van der Waals surface area contributed by atoms with Crippen molar-refractivity contribution in [2.24, 2.45) is 0 Å². The predicted octanol–water partition coefficient (Wildman–Crippen LogP) is 2.82.